The van der Waals surface area contributed by atoms with Crippen molar-refractivity contribution in [3.63, 3.8) is 0 Å². The summed E-state index contributed by atoms with van der Waals surface area (Å²) >= 11 is 0. The molecule has 1 N–H and O–H groups in total. The van der Waals surface area contributed by atoms with E-state index in [1.54, 1.807) is 27.0 Å². The van der Waals surface area contributed by atoms with Crippen molar-refractivity contribution in [2.75, 3.05) is 11.9 Å². The highest BCUT2D eigenvalue weighted by Crippen LogP contribution is 1.97. The van der Waals surface area contributed by atoms with Gasteiger partial charge in [0, 0.05) is 19.6 Å². The molecule has 0 saturated carbocycles. The molecule has 6 nitrogen and oxygen atoms in total. The van der Waals surface area contributed by atoms with E-state index in [4.69, 9.17) is 0 Å². The van der Waals surface area contributed by atoms with Gasteiger partial charge in [-0.1, -0.05) is 6.08 Å². The normalized spacial score (nSPS) is 10.5. The number of hydrogen-bond donors (Lipinski definition) is 1. The predicted octanol–water partition coefficient (Wildman–Crippen LogP) is 0.121. The summed E-state index contributed by atoms with van der Waals surface area (Å²) in [6.45, 7) is 7.52. The zero-order valence-electron chi connectivity index (χ0n) is 9.73. The Kier molecular flexibility index (Phi) is 3.65. The second kappa shape index (κ2) is 4.78. The van der Waals surface area contributed by atoms with Gasteiger partial charge >= 0.3 is 11.4 Å². The molecule has 1 aromatic heterocycles. The lowest BCUT2D eigenvalue weighted by molar-refractivity contribution is 0.505. The van der Waals surface area contributed by atoms with E-state index in [2.05, 4.69) is 16.9 Å². The highest BCUT2D eigenvalue weighted by molar-refractivity contribution is 5.24. The van der Waals surface area contributed by atoms with E-state index in [-0.39, 0.29) is 17.7 Å². The van der Waals surface area contributed by atoms with E-state index in [1.807, 2.05) is 0 Å². The fourth-order valence-electron chi connectivity index (χ4n) is 1.32. The summed E-state index contributed by atoms with van der Waals surface area (Å²) in [5, 5.41) is 2.83. The Balaban J connectivity index is 3.34. The molecule has 0 saturated heterocycles. The van der Waals surface area contributed by atoms with Crippen LogP contribution in [0.25, 0.3) is 0 Å². The molecule has 88 valence electrons. The zero-order valence-corrected chi connectivity index (χ0v) is 9.73. The average molecular weight is 224 g/mol. The van der Waals surface area contributed by atoms with Gasteiger partial charge in [-0.3, -0.25) is 4.57 Å². The molecule has 0 spiro atoms. The van der Waals surface area contributed by atoms with Crippen molar-refractivity contribution >= 4 is 5.95 Å². The maximum Gasteiger partial charge on any atom is 0.355 e. The van der Waals surface area contributed by atoms with E-state index >= 15 is 0 Å². The van der Waals surface area contributed by atoms with E-state index in [0.717, 1.165) is 4.57 Å². The Morgan fingerprint density at radius 2 is 2.12 bits per heavy atom. The van der Waals surface area contributed by atoms with Crippen LogP contribution in [0.4, 0.5) is 5.95 Å². The van der Waals surface area contributed by atoms with E-state index < -0.39 is 5.69 Å². The van der Waals surface area contributed by atoms with Crippen LogP contribution >= 0.6 is 0 Å². The minimum atomic E-state index is -0.537. The van der Waals surface area contributed by atoms with Crippen LogP contribution < -0.4 is 16.7 Å². The third kappa shape index (κ3) is 2.21. The topological polar surface area (TPSA) is 68.9 Å². The number of hydrogen-bond acceptors (Lipinski definition) is 4. The maximum absolute atomic E-state index is 11.8. The molecule has 16 heavy (non-hydrogen) atoms. The summed E-state index contributed by atoms with van der Waals surface area (Å²) < 4.78 is 2.42. The Morgan fingerprint density at radius 3 is 2.62 bits per heavy atom. The molecule has 1 rings (SSSR count). The highest BCUT2D eigenvalue weighted by atomic mass is 16.2. The van der Waals surface area contributed by atoms with Crippen LogP contribution in [-0.4, -0.2) is 20.7 Å². The first kappa shape index (κ1) is 12.2. The molecule has 0 bridgehead atoms. The third-order valence-corrected chi connectivity index (χ3v) is 2.14. The fourth-order valence-corrected chi connectivity index (χ4v) is 1.32. The van der Waals surface area contributed by atoms with Gasteiger partial charge in [0.2, 0.25) is 5.95 Å². The summed E-state index contributed by atoms with van der Waals surface area (Å²) in [5.74, 6) is 0.256. The fraction of sp³-hybridized carbons (Fsp3) is 0.500. The smallest absolute Gasteiger partial charge is 0.352 e. The van der Waals surface area contributed by atoms with Gasteiger partial charge in [0.1, 0.15) is 0 Å². The van der Waals surface area contributed by atoms with Crippen molar-refractivity contribution in [2.45, 2.75) is 19.9 Å². The first-order valence-electron chi connectivity index (χ1n) is 5.03. The van der Waals surface area contributed by atoms with Crippen LogP contribution in [0.5, 0.6) is 0 Å². The molecule has 0 aliphatic heterocycles. The highest BCUT2D eigenvalue weighted by Gasteiger charge is 2.11. The second-order valence-electron chi connectivity index (χ2n) is 3.69. The number of anilines is 1. The molecule has 0 unspecified atom stereocenters. The molecule has 0 amide bonds. The molecule has 0 fully saturated rings. The van der Waals surface area contributed by atoms with Gasteiger partial charge in [-0.15, -0.1) is 6.58 Å². The number of rotatable bonds is 4. The Bertz CT molecular complexity index is 499. The second-order valence-corrected chi connectivity index (χ2v) is 3.69. The van der Waals surface area contributed by atoms with Crippen LogP contribution in [0.3, 0.4) is 0 Å². The molecule has 0 aliphatic rings. The Labute approximate surface area is 93.2 Å². The van der Waals surface area contributed by atoms with E-state index in [0.29, 0.717) is 6.54 Å². The van der Waals surface area contributed by atoms with Crippen LogP contribution in [-0.2, 0) is 7.05 Å². The Morgan fingerprint density at radius 1 is 1.50 bits per heavy atom. The van der Waals surface area contributed by atoms with Crippen LogP contribution in [0, 0.1) is 0 Å². The number of aromatic nitrogens is 3. The standard InChI is InChI=1S/C10H16N4O2/c1-5-6-11-8-12-9(15)14(7(2)3)10(16)13(8)4/h5,7H,1,6H2,2-4H3,(H,11,12,15). The molecule has 1 aromatic rings. The van der Waals surface area contributed by atoms with E-state index in [1.165, 1.54) is 4.57 Å². The summed E-state index contributed by atoms with van der Waals surface area (Å²) in [6.07, 6.45) is 1.63. The molecule has 0 radical (unpaired) electrons. The number of nitrogens with one attached hydrogen (secondary N) is 1. The largest absolute Gasteiger partial charge is 0.355 e. The zero-order chi connectivity index (χ0) is 12.3. The maximum atomic E-state index is 11.8. The average Bonchev–Trinajstić information content (AvgIpc) is 2.21. The minimum Gasteiger partial charge on any atom is -0.352 e. The molecule has 0 aromatic carbocycles. The number of nitrogens with zero attached hydrogens (tertiary/aromatic N) is 3. The van der Waals surface area contributed by atoms with E-state index in [9.17, 15) is 9.59 Å². The van der Waals surface area contributed by atoms with Gasteiger partial charge in [-0.05, 0) is 13.8 Å². The first-order chi connectivity index (χ1) is 7.49. The van der Waals surface area contributed by atoms with Gasteiger partial charge in [0.15, 0.2) is 0 Å². The van der Waals surface area contributed by atoms with Crippen LogP contribution in [0.1, 0.15) is 19.9 Å². The summed E-state index contributed by atoms with van der Waals surface area (Å²) in [5.41, 5.74) is -0.911. The summed E-state index contributed by atoms with van der Waals surface area (Å²) in [4.78, 5) is 27.2. The molecule has 0 aliphatic carbocycles. The molecule has 6 heteroatoms. The van der Waals surface area contributed by atoms with Crippen molar-refractivity contribution in [3.8, 4) is 0 Å². The summed E-state index contributed by atoms with van der Waals surface area (Å²) in [6, 6.07) is -0.202. The van der Waals surface area contributed by atoms with Crippen molar-refractivity contribution in [1.82, 2.24) is 14.1 Å². The van der Waals surface area contributed by atoms with Gasteiger partial charge in [0.25, 0.3) is 0 Å². The lowest BCUT2D eigenvalue weighted by atomic mass is 10.4. The van der Waals surface area contributed by atoms with Gasteiger partial charge in [-0.25, -0.2) is 14.2 Å². The van der Waals surface area contributed by atoms with Gasteiger partial charge < -0.3 is 5.32 Å². The van der Waals surface area contributed by atoms with Crippen molar-refractivity contribution in [3.05, 3.63) is 33.6 Å². The first-order valence-corrected chi connectivity index (χ1v) is 5.03. The molecular formula is C10H16N4O2. The SMILES string of the molecule is C=CCNc1nc(=O)n(C(C)C)c(=O)n1C. The lowest BCUT2D eigenvalue weighted by Gasteiger charge is -2.12. The molecule has 1 heterocycles. The summed E-state index contributed by atoms with van der Waals surface area (Å²) in [7, 11) is 1.57. The van der Waals surface area contributed by atoms with Gasteiger partial charge in [0.05, 0.1) is 0 Å². The minimum absolute atomic E-state index is 0.202. The molecule has 0 atom stereocenters. The monoisotopic (exact) mass is 224 g/mol. The van der Waals surface area contributed by atoms with Gasteiger partial charge in [-0.2, -0.15) is 4.98 Å². The quantitative estimate of drug-likeness (QED) is 0.738. The lowest BCUT2D eigenvalue weighted by Crippen LogP contribution is -2.42. The van der Waals surface area contributed by atoms with Crippen molar-refractivity contribution in [1.29, 1.82) is 0 Å². The van der Waals surface area contributed by atoms with Crippen molar-refractivity contribution < 1.29 is 0 Å². The Hall–Kier alpha value is -1.85. The van der Waals surface area contributed by atoms with Crippen LogP contribution in [0.15, 0.2) is 22.2 Å². The predicted molar refractivity (Wildman–Crippen MR) is 62.8 cm³/mol. The molecular weight excluding hydrogens is 208 g/mol. The van der Waals surface area contributed by atoms with Crippen LogP contribution in [0.2, 0.25) is 0 Å². The third-order valence-electron chi connectivity index (χ3n) is 2.14. The van der Waals surface area contributed by atoms with Crippen molar-refractivity contribution in [2.24, 2.45) is 7.05 Å².